The maximum absolute atomic E-state index is 12.4. The molecule has 1 saturated heterocycles. The minimum absolute atomic E-state index is 0.181. The van der Waals surface area contributed by atoms with Crippen LogP contribution in [-0.2, 0) is 42.9 Å². The Morgan fingerprint density at radius 2 is 1.32 bits per heavy atom. The van der Waals surface area contributed by atoms with Gasteiger partial charge in [-0.15, -0.1) is 0 Å². The van der Waals surface area contributed by atoms with E-state index in [0.717, 1.165) is 13.8 Å². The first-order chi connectivity index (χ1) is 19.5. The lowest BCUT2D eigenvalue weighted by Gasteiger charge is -2.45. The van der Waals surface area contributed by atoms with Gasteiger partial charge in [0, 0.05) is 38.8 Å². The van der Waals surface area contributed by atoms with Crippen molar-refractivity contribution >= 4 is 59.2 Å². The Hall–Kier alpha value is -3.94. The molecule has 1 aromatic heterocycles. The first kappa shape index (κ1) is 30.0. The van der Waals surface area contributed by atoms with Crippen LogP contribution in [-0.4, -0.2) is 64.0 Å². The van der Waals surface area contributed by atoms with Gasteiger partial charge < -0.3 is 23.7 Å². The van der Waals surface area contributed by atoms with Gasteiger partial charge >= 0.3 is 23.9 Å². The van der Waals surface area contributed by atoms with Crippen molar-refractivity contribution in [2.75, 3.05) is 6.61 Å². The summed E-state index contributed by atoms with van der Waals surface area (Å²) in [7, 11) is 0. The number of rotatable bonds is 7. The average Bonchev–Trinajstić information content (AvgIpc) is 2.90. The van der Waals surface area contributed by atoms with Gasteiger partial charge in [0.2, 0.25) is 0 Å². The van der Waals surface area contributed by atoms with Crippen molar-refractivity contribution in [3.05, 3.63) is 64.0 Å². The lowest BCUT2D eigenvalue weighted by atomic mass is 9.96. The first-order valence-corrected chi connectivity index (χ1v) is 13.4. The van der Waals surface area contributed by atoms with Crippen molar-refractivity contribution < 1.29 is 42.9 Å². The Morgan fingerprint density at radius 1 is 0.756 bits per heavy atom. The lowest BCUT2D eigenvalue weighted by Crippen LogP contribution is -2.60. The van der Waals surface area contributed by atoms with Crippen LogP contribution in [0.2, 0.25) is 0 Å². The van der Waals surface area contributed by atoms with Crippen molar-refractivity contribution in [1.82, 2.24) is 9.13 Å². The Bertz CT molecular complexity index is 1600. The summed E-state index contributed by atoms with van der Waals surface area (Å²) in [5, 5.41) is 0.632. The number of carbonyl (C=O) groups excluding carboxylic acids is 4. The molecule has 0 spiro atoms. The second kappa shape index (κ2) is 12.7. The molecule has 0 bridgehead atoms. The smallest absolute Gasteiger partial charge is 0.303 e. The number of carbonyl (C=O) groups is 4. The number of para-hydroxylation sites is 2. The molecule has 5 atom stereocenters. The second-order valence-electron chi connectivity index (χ2n) is 9.24. The third-order valence-electron chi connectivity index (χ3n) is 6.23. The van der Waals surface area contributed by atoms with Gasteiger partial charge in [-0.1, -0.05) is 42.5 Å². The molecule has 0 unspecified atom stereocenters. The Labute approximate surface area is 245 Å². The molecule has 0 N–H and O–H groups in total. The fourth-order valence-electron chi connectivity index (χ4n) is 4.75. The summed E-state index contributed by atoms with van der Waals surface area (Å²) in [6.07, 6.45) is -6.37. The van der Waals surface area contributed by atoms with Crippen LogP contribution in [0.3, 0.4) is 0 Å². The molecule has 41 heavy (non-hydrogen) atoms. The van der Waals surface area contributed by atoms with Crippen LogP contribution in [0.1, 0.15) is 33.9 Å². The molecule has 0 radical (unpaired) electrons. The molecule has 3 aromatic rings. The van der Waals surface area contributed by atoms with Crippen molar-refractivity contribution in [1.29, 1.82) is 0 Å². The molecule has 1 aliphatic heterocycles. The van der Waals surface area contributed by atoms with Crippen LogP contribution >= 0.6 is 24.4 Å². The summed E-state index contributed by atoms with van der Waals surface area (Å²) in [6.45, 7) is 4.35. The molecule has 0 amide bonds. The summed E-state index contributed by atoms with van der Waals surface area (Å²) in [4.78, 5) is 48.5. The Morgan fingerprint density at radius 3 is 1.93 bits per heavy atom. The van der Waals surface area contributed by atoms with E-state index >= 15 is 0 Å². The van der Waals surface area contributed by atoms with E-state index in [-0.39, 0.29) is 11.4 Å². The third kappa shape index (κ3) is 6.53. The molecular formula is C28H28N2O9S2. The number of benzene rings is 2. The monoisotopic (exact) mass is 600 g/mol. The highest BCUT2D eigenvalue weighted by atomic mass is 32.1. The molecular weight excluding hydrogens is 572 g/mol. The number of fused-ring (bicyclic) bond motifs is 1. The number of nitrogens with zero attached hydrogens (tertiary/aromatic N) is 2. The van der Waals surface area contributed by atoms with Gasteiger partial charge in [-0.05, 0) is 36.5 Å². The molecule has 11 nitrogen and oxygen atoms in total. The quantitative estimate of drug-likeness (QED) is 0.221. The molecule has 2 aromatic carbocycles. The molecule has 1 fully saturated rings. The molecule has 0 aliphatic carbocycles. The highest BCUT2D eigenvalue weighted by Gasteiger charge is 2.53. The topological polar surface area (TPSA) is 124 Å². The van der Waals surface area contributed by atoms with Crippen LogP contribution in [0, 0.1) is 9.41 Å². The highest BCUT2D eigenvalue weighted by molar-refractivity contribution is 7.72. The maximum Gasteiger partial charge on any atom is 0.303 e. The molecule has 216 valence electrons. The van der Waals surface area contributed by atoms with Crippen LogP contribution in [0.5, 0.6) is 0 Å². The Balaban J connectivity index is 2.02. The number of hydrogen-bond donors (Lipinski definition) is 0. The van der Waals surface area contributed by atoms with E-state index in [9.17, 15) is 19.2 Å². The summed E-state index contributed by atoms with van der Waals surface area (Å²) < 4.78 is 32.3. The maximum atomic E-state index is 12.4. The van der Waals surface area contributed by atoms with Crippen LogP contribution < -0.4 is 0 Å². The Kier molecular flexibility index (Phi) is 9.31. The largest absolute Gasteiger partial charge is 0.463 e. The predicted octanol–water partition coefficient (Wildman–Crippen LogP) is 4.15. The van der Waals surface area contributed by atoms with E-state index in [1.165, 1.54) is 13.8 Å². The fourth-order valence-corrected chi connectivity index (χ4v) is 5.57. The van der Waals surface area contributed by atoms with Gasteiger partial charge in [0.25, 0.3) is 0 Å². The van der Waals surface area contributed by atoms with Crippen molar-refractivity contribution in [2.45, 2.75) is 58.3 Å². The SMILES string of the molecule is CC(=O)OC[C@@H]1O[C@@H](n2c(=S)n(-c3ccccc3)c(=S)c3ccccc32)[C@@H](OC(C)=O)[C@@H](OC(C)=O)[C@@H]1OC(C)=O. The summed E-state index contributed by atoms with van der Waals surface area (Å²) in [5.41, 5.74) is 1.21. The summed E-state index contributed by atoms with van der Waals surface area (Å²) in [5.74, 6) is -2.78. The summed E-state index contributed by atoms with van der Waals surface area (Å²) in [6, 6.07) is 16.4. The number of esters is 4. The van der Waals surface area contributed by atoms with E-state index in [4.69, 9.17) is 48.1 Å². The first-order valence-electron chi connectivity index (χ1n) is 12.6. The van der Waals surface area contributed by atoms with Gasteiger partial charge in [-0.2, -0.15) is 0 Å². The van der Waals surface area contributed by atoms with Crippen LogP contribution in [0.25, 0.3) is 16.6 Å². The lowest BCUT2D eigenvalue weighted by molar-refractivity contribution is -0.268. The van der Waals surface area contributed by atoms with Crippen molar-refractivity contribution in [2.24, 2.45) is 0 Å². The van der Waals surface area contributed by atoms with Crippen LogP contribution in [0.4, 0.5) is 0 Å². The van der Waals surface area contributed by atoms with E-state index in [1.54, 1.807) is 21.3 Å². The number of ether oxygens (including phenoxy) is 5. The number of hydrogen-bond acceptors (Lipinski definition) is 11. The highest BCUT2D eigenvalue weighted by Crippen LogP contribution is 2.37. The second-order valence-corrected chi connectivity index (χ2v) is 9.99. The van der Waals surface area contributed by atoms with Gasteiger partial charge in [0.1, 0.15) is 17.4 Å². The van der Waals surface area contributed by atoms with Gasteiger partial charge in [0.15, 0.2) is 29.3 Å². The zero-order valence-electron chi connectivity index (χ0n) is 22.7. The van der Waals surface area contributed by atoms with Crippen molar-refractivity contribution in [3.63, 3.8) is 0 Å². The molecule has 0 saturated carbocycles. The average molecular weight is 601 g/mol. The number of aromatic nitrogens is 2. The zero-order chi connectivity index (χ0) is 29.8. The van der Waals surface area contributed by atoms with E-state index in [2.05, 4.69) is 0 Å². The van der Waals surface area contributed by atoms with E-state index < -0.39 is 54.5 Å². The summed E-state index contributed by atoms with van der Waals surface area (Å²) >= 11 is 11.8. The molecule has 2 heterocycles. The van der Waals surface area contributed by atoms with Gasteiger partial charge in [-0.3, -0.25) is 28.3 Å². The fraction of sp³-hybridized carbons (Fsp3) is 0.357. The third-order valence-corrected chi connectivity index (χ3v) is 7.01. The minimum atomic E-state index is -1.35. The predicted molar refractivity (Wildman–Crippen MR) is 150 cm³/mol. The van der Waals surface area contributed by atoms with E-state index in [0.29, 0.717) is 21.2 Å². The minimum Gasteiger partial charge on any atom is -0.463 e. The zero-order valence-corrected chi connectivity index (χ0v) is 24.3. The van der Waals surface area contributed by atoms with Gasteiger partial charge in [0.05, 0.1) is 5.52 Å². The molecule has 4 rings (SSSR count). The molecule has 13 heteroatoms. The normalized spacial score (nSPS) is 22.0. The van der Waals surface area contributed by atoms with Crippen LogP contribution in [0.15, 0.2) is 54.6 Å². The van der Waals surface area contributed by atoms with E-state index in [1.807, 2.05) is 42.5 Å². The van der Waals surface area contributed by atoms with Gasteiger partial charge in [-0.25, -0.2) is 0 Å². The van der Waals surface area contributed by atoms with Crippen molar-refractivity contribution in [3.8, 4) is 5.69 Å². The standard InChI is InChI=1S/C28H28N2O9S2/c1-15(31)35-14-22-23(36-16(2)32)24(37-17(3)33)25(38-18(4)34)26(39-22)30-21-13-9-8-12-20(21)27(40)29(28(30)41)19-10-6-5-7-11-19/h5-13,22-26H,14H2,1-4H3/t22-,23+,24-,25-,26+/m0/s1. The molecule has 1 aliphatic rings.